The van der Waals surface area contributed by atoms with Gasteiger partial charge in [-0.25, -0.2) is 14.4 Å². The molecule has 0 fully saturated rings. The number of nitrogens with two attached hydrogens (primary N) is 2. The normalized spacial score (nSPS) is 9.95. The molecule has 0 unspecified atom stereocenters. The summed E-state index contributed by atoms with van der Waals surface area (Å²) in [6, 6.07) is 2.48. The second-order valence-electron chi connectivity index (χ2n) is 4.07. The Labute approximate surface area is 125 Å². The van der Waals surface area contributed by atoms with Crippen LogP contribution in [0.25, 0.3) is 0 Å². The van der Waals surface area contributed by atoms with Crippen molar-refractivity contribution in [3.05, 3.63) is 29.8 Å². The summed E-state index contributed by atoms with van der Waals surface area (Å²) < 4.78 is 8.97. The van der Waals surface area contributed by atoms with Crippen LogP contribution in [0.15, 0.2) is 24.3 Å². The van der Waals surface area contributed by atoms with Crippen LogP contribution in [0, 0.1) is 0 Å². The van der Waals surface area contributed by atoms with Gasteiger partial charge in [0.1, 0.15) is 0 Å². The van der Waals surface area contributed by atoms with E-state index in [1.807, 2.05) is 0 Å². The first kappa shape index (κ1) is 17.0. The summed E-state index contributed by atoms with van der Waals surface area (Å²) in [6.45, 7) is 0. The third kappa shape index (κ3) is 3.51. The number of ether oxygens (including phenoxy) is 2. The second-order valence-corrected chi connectivity index (χ2v) is 4.07. The minimum absolute atomic E-state index is 0.0956. The van der Waals surface area contributed by atoms with Gasteiger partial charge in [0.15, 0.2) is 0 Å². The Morgan fingerprint density at radius 2 is 1.41 bits per heavy atom. The predicted molar refractivity (Wildman–Crippen MR) is 74.8 cm³/mol. The Hall–Kier alpha value is -3.10. The van der Waals surface area contributed by atoms with Gasteiger partial charge >= 0.3 is 18.0 Å². The molecule has 0 saturated heterocycles. The highest BCUT2D eigenvalue weighted by molar-refractivity contribution is 6.10. The van der Waals surface area contributed by atoms with Gasteiger partial charge in [-0.2, -0.15) is 0 Å². The molecular formula is C13H15N3O6. The quantitative estimate of drug-likeness (QED) is 0.548. The average molecular weight is 309 g/mol. The topological polar surface area (TPSA) is 142 Å². The third-order valence-electron chi connectivity index (χ3n) is 2.77. The van der Waals surface area contributed by atoms with E-state index in [0.717, 1.165) is 14.2 Å². The Morgan fingerprint density at radius 3 is 1.73 bits per heavy atom. The van der Waals surface area contributed by atoms with E-state index in [1.165, 1.54) is 24.3 Å². The van der Waals surface area contributed by atoms with Crippen LogP contribution in [0.4, 0.5) is 10.5 Å². The van der Waals surface area contributed by atoms with Crippen LogP contribution in [0.2, 0.25) is 0 Å². The van der Waals surface area contributed by atoms with Crippen LogP contribution in [-0.4, -0.2) is 44.1 Å². The Morgan fingerprint density at radius 1 is 0.955 bits per heavy atom. The minimum Gasteiger partial charge on any atom is -0.467 e. The predicted octanol–water partition coefficient (Wildman–Crippen LogP) is -0.615. The van der Waals surface area contributed by atoms with Crippen molar-refractivity contribution in [2.75, 3.05) is 19.1 Å². The van der Waals surface area contributed by atoms with Gasteiger partial charge in [0, 0.05) is 11.3 Å². The lowest BCUT2D eigenvalue weighted by Crippen LogP contribution is -2.53. The summed E-state index contributed by atoms with van der Waals surface area (Å²) in [5, 5.41) is 0. The van der Waals surface area contributed by atoms with Crippen LogP contribution in [0.5, 0.6) is 0 Å². The molecule has 0 aliphatic carbocycles. The number of benzene rings is 1. The molecule has 0 atom stereocenters. The van der Waals surface area contributed by atoms with Crippen LogP contribution >= 0.6 is 0 Å². The average Bonchev–Trinajstić information content (AvgIpc) is 2.50. The molecule has 0 aliphatic rings. The minimum atomic E-state index is -1.70. The maximum atomic E-state index is 11.8. The summed E-state index contributed by atoms with van der Waals surface area (Å²) in [4.78, 5) is 46.9. The Kier molecular flexibility index (Phi) is 5.44. The largest absolute Gasteiger partial charge is 0.467 e. The first-order valence-electron chi connectivity index (χ1n) is 5.97. The van der Waals surface area contributed by atoms with E-state index in [1.54, 1.807) is 0 Å². The molecule has 1 rings (SSSR count). The van der Waals surface area contributed by atoms with Gasteiger partial charge in [0.25, 0.3) is 0 Å². The molecule has 3 amide bonds. The number of carbonyl (C=O) groups excluding carboxylic acids is 4. The number of primary amides is 2. The fourth-order valence-electron chi connectivity index (χ4n) is 1.72. The number of hydrogen-bond acceptors (Lipinski definition) is 6. The Balaban J connectivity index is 3.30. The number of carbonyl (C=O) groups is 4. The summed E-state index contributed by atoms with van der Waals surface area (Å²) in [5.41, 5.74) is 10.6. The molecule has 0 aromatic heterocycles. The van der Waals surface area contributed by atoms with Crippen molar-refractivity contribution in [3.63, 3.8) is 0 Å². The molecule has 0 radical (unpaired) electrons. The number of esters is 2. The summed E-state index contributed by atoms with van der Waals surface area (Å²) in [5.74, 6) is -2.72. The van der Waals surface area contributed by atoms with Crippen molar-refractivity contribution in [2.24, 2.45) is 11.5 Å². The molecule has 0 bridgehead atoms. The fraction of sp³-hybridized carbons (Fsp3) is 0.231. The first-order chi connectivity index (χ1) is 10.3. The van der Waals surface area contributed by atoms with E-state index >= 15 is 0 Å². The lowest BCUT2D eigenvalue weighted by Gasteiger charge is -2.26. The van der Waals surface area contributed by atoms with Crippen LogP contribution in [0.3, 0.4) is 0 Å². The summed E-state index contributed by atoms with van der Waals surface area (Å²) in [6.07, 6.45) is 0. The number of anilines is 1. The van der Waals surface area contributed by atoms with Crippen molar-refractivity contribution < 1.29 is 28.7 Å². The zero-order valence-corrected chi connectivity index (χ0v) is 11.9. The number of urea groups is 1. The standard InChI is InChI=1S/C13H15N3O6/c1-21-11(18)9(12(19)22-2)16(13(15)20)8-5-3-7(4-6-8)10(14)17/h3-6,9H,1-2H3,(H2,14,17)(H2,15,20). The molecule has 118 valence electrons. The second kappa shape index (κ2) is 7.07. The molecule has 9 heteroatoms. The number of nitrogens with zero attached hydrogens (tertiary/aromatic N) is 1. The van der Waals surface area contributed by atoms with E-state index in [-0.39, 0.29) is 11.3 Å². The fourth-order valence-corrected chi connectivity index (χ4v) is 1.72. The zero-order valence-electron chi connectivity index (χ0n) is 11.9. The molecule has 0 spiro atoms. The number of methoxy groups -OCH3 is 2. The first-order valence-corrected chi connectivity index (χ1v) is 5.97. The molecule has 1 aromatic rings. The maximum absolute atomic E-state index is 11.8. The summed E-state index contributed by atoms with van der Waals surface area (Å²) in [7, 11) is 2.10. The number of rotatable bonds is 5. The highest BCUT2D eigenvalue weighted by Gasteiger charge is 2.38. The van der Waals surface area contributed by atoms with Crippen molar-refractivity contribution in [1.29, 1.82) is 0 Å². The van der Waals surface area contributed by atoms with E-state index in [2.05, 4.69) is 9.47 Å². The molecular weight excluding hydrogens is 294 g/mol. The van der Waals surface area contributed by atoms with Gasteiger partial charge in [0.05, 0.1) is 14.2 Å². The lowest BCUT2D eigenvalue weighted by atomic mass is 10.1. The van der Waals surface area contributed by atoms with Crippen molar-refractivity contribution in [3.8, 4) is 0 Å². The highest BCUT2D eigenvalue weighted by Crippen LogP contribution is 2.19. The molecule has 1 aromatic carbocycles. The van der Waals surface area contributed by atoms with Crippen molar-refractivity contribution in [2.45, 2.75) is 6.04 Å². The van der Waals surface area contributed by atoms with E-state index in [4.69, 9.17) is 11.5 Å². The summed E-state index contributed by atoms with van der Waals surface area (Å²) >= 11 is 0. The molecule has 0 saturated carbocycles. The molecule has 9 nitrogen and oxygen atoms in total. The van der Waals surface area contributed by atoms with Crippen LogP contribution < -0.4 is 16.4 Å². The van der Waals surface area contributed by atoms with Gasteiger partial charge in [-0.15, -0.1) is 0 Å². The smallest absolute Gasteiger partial charge is 0.340 e. The third-order valence-corrected chi connectivity index (χ3v) is 2.77. The van der Waals surface area contributed by atoms with Gasteiger partial charge in [-0.3, -0.25) is 9.69 Å². The van der Waals surface area contributed by atoms with E-state index in [0.29, 0.717) is 4.90 Å². The van der Waals surface area contributed by atoms with Crippen LogP contribution in [-0.2, 0) is 19.1 Å². The number of hydrogen-bond donors (Lipinski definition) is 2. The molecule has 0 aliphatic heterocycles. The molecule has 4 N–H and O–H groups in total. The van der Waals surface area contributed by atoms with Gasteiger partial charge in [-0.05, 0) is 24.3 Å². The van der Waals surface area contributed by atoms with E-state index < -0.39 is 29.9 Å². The molecule has 22 heavy (non-hydrogen) atoms. The molecule has 0 heterocycles. The zero-order chi connectivity index (χ0) is 16.9. The Bertz CT molecular complexity index is 582. The monoisotopic (exact) mass is 309 g/mol. The van der Waals surface area contributed by atoms with Crippen molar-refractivity contribution in [1.82, 2.24) is 0 Å². The van der Waals surface area contributed by atoms with Crippen LogP contribution in [0.1, 0.15) is 10.4 Å². The van der Waals surface area contributed by atoms with E-state index in [9.17, 15) is 19.2 Å². The lowest BCUT2D eigenvalue weighted by molar-refractivity contribution is -0.153. The maximum Gasteiger partial charge on any atom is 0.340 e. The van der Waals surface area contributed by atoms with Gasteiger partial charge < -0.3 is 20.9 Å². The SMILES string of the molecule is COC(=O)C(C(=O)OC)N(C(N)=O)c1ccc(C(N)=O)cc1. The van der Waals surface area contributed by atoms with Gasteiger partial charge in [0.2, 0.25) is 11.9 Å². The van der Waals surface area contributed by atoms with Crippen molar-refractivity contribution >= 4 is 29.6 Å². The number of amides is 3. The van der Waals surface area contributed by atoms with Gasteiger partial charge in [-0.1, -0.05) is 0 Å². The highest BCUT2D eigenvalue weighted by atomic mass is 16.5.